The van der Waals surface area contributed by atoms with E-state index in [-0.39, 0.29) is 11.8 Å². The summed E-state index contributed by atoms with van der Waals surface area (Å²) in [5, 5.41) is 3.36. The van der Waals surface area contributed by atoms with E-state index in [1.54, 1.807) is 18.2 Å². The molecule has 2 rings (SSSR count). The number of rotatable bonds is 3. The van der Waals surface area contributed by atoms with Crippen molar-refractivity contribution in [3.8, 4) is 0 Å². The van der Waals surface area contributed by atoms with E-state index in [2.05, 4.69) is 5.32 Å². The summed E-state index contributed by atoms with van der Waals surface area (Å²) < 4.78 is 0. The highest BCUT2D eigenvalue weighted by atomic mass is 35.5. The first-order chi connectivity index (χ1) is 9.08. The number of nitrogens with one attached hydrogen (secondary N) is 1. The van der Waals surface area contributed by atoms with E-state index in [9.17, 15) is 4.79 Å². The van der Waals surface area contributed by atoms with Gasteiger partial charge >= 0.3 is 0 Å². The molecule has 1 amide bonds. The zero-order chi connectivity index (χ0) is 13.8. The highest BCUT2D eigenvalue weighted by Gasteiger charge is 2.15. The van der Waals surface area contributed by atoms with Crippen LogP contribution in [0.1, 0.15) is 18.4 Å². The molecule has 1 atom stereocenters. The van der Waals surface area contributed by atoms with Gasteiger partial charge in [-0.2, -0.15) is 0 Å². The maximum absolute atomic E-state index is 12.2. The predicted octanol–water partition coefficient (Wildman–Crippen LogP) is 3.66. The molecule has 0 saturated carbocycles. The van der Waals surface area contributed by atoms with Crippen molar-refractivity contribution in [2.75, 3.05) is 11.1 Å². The fourth-order valence-electron chi connectivity index (χ4n) is 1.78. The van der Waals surface area contributed by atoms with Crippen LogP contribution in [-0.4, -0.2) is 5.91 Å². The molecule has 0 aliphatic heterocycles. The molecule has 0 aliphatic rings. The van der Waals surface area contributed by atoms with Crippen LogP contribution in [0.15, 0.2) is 48.5 Å². The number of benzene rings is 2. The quantitative estimate of drug-likeness (QED) is 0.839. The lowest BCUT2D eigenvalue weighted by Gasteiger charge is -2.14. The number of nitrogen functional groups attached to an aromatic ring is 1. The zero-order valence-electron chi connectivity index (χ0n) is 10.6. The summed E-state index contributed by atoms with van der Waals surface area (Å²) in [5.74, 6) is -0.337. The fraction of sp³-hybridized carbons (Fsp3) is 0.133. The SMILES string of the molecule is CC(C(=O)Nc1ccc(Cl)cc1N)c1ccccc1. The highest BCUT2D eigenvalue weighted by molar-refractivity contribution is 6.31. The molecular weight excluding hydrogens is 260 g/mol. The summed E-state index contributed by atoms with van der Waals surface area (Å²) >= 11 is 5.82. The maximum atomic E-state index is 12.2. The van der Waals surface area contributed by atoms with Gasteiger partial charge in [0, 0.05) is 5.02 Å². The molecule has 1 unspecified atom stereocenters. The van der Waals surface area contributed by atoms with Gasteiger partial charge in [0.05, 0.1) is 17.3 Å². The molecule has 3 nitrogen and oxygen atoms in total. The van der Waals surface area contributed by atoms with Crippen LogP contribution in [0.3, 0.4) is 0 Å². The Morgan fingerprint density at radius 1 is 1.21 bits per heavy atom. The molecule has 19 heavy (non-hydrogen) atoms. The van der Waals surface area contributed by atoms with Crippen LogP contribution in [0, 0.1) is 0 Å². The largest absolute Gasteiger partial charge is 0.397 e. The molecule has 0 heterocycles. The lowest BCUT2D eigenvalue weighted by atomic mass is 10.0. The van der Waals surface area contributed by atoms with Crippen molar-refractivity contribution in [2.24, 2.45) is 0 Å². The molecule has 0 saturated heterocycles. The smallest absolute Gasteiger partial charge is 0.231 e. The number of carbonyl (C=O) groups is 1. The monoisotopic (exact) mass is 274 g/mol. The third-order valence-electron chi connectivity index (χ3n) is 2.96. The standard InChI is InChI=1S/C15H15ClN2O/c1-10(11-5-3-2-4-6-11)15(19)18-14-8-7-12(16)9-13(14)17/h2-10H,17H2,1H3,(H,18,19). The van der Waals surface area contributed by atoms with Crippen molar-refractivity contribution in [1.82, 2.24) is 0 Å². The first kappa shape index (κ1) is 13.4. The second-order valence-electron chi connectivity index (χ2n) is 4.35. The summed E-state index contributed by atoms with van der Waals surface area (Å²) in [6.45, 7) is 1.86. The molecule has 0 bridgehead atoms. The Labute approximate surface area is 117 Å². The minimum absolute atomic E-state index is 0.0970. The predicted molar refractivity (Wildman–Crippen MR) is 79.4 cm³/mol. The lowest BCUT2D eigenvalue weighted by molar-refractivity contribution is -0.117. The molecule has 0 spiro atoms. The van der Waals surface area contributed by atoms with E-state index in [1.807, 2.05) is 37.3 Å². The number of hydrogen-bond donors (Lipinski definition) is 2. The van der Waals surface area contributed by atoms with Gasteiger partial charge in [-0.25, -0.2) is 0 Å². The van der Waals surface area contributed by atoms with E-state index >= 15 is 0 Å². The average molecular weight is 275 g/mol. The molecule has 0 aliphatic carbocycles. The van der Waals surface area contributed by atoms with E-state index in [4.69, 9.17) is 17.3 Å². The van der Waals surface area contributed by atoms with Crippen LogP contribution in [0.25, 0.3) is 0 Å². The van der Waals surface area contributed by atoms with Gasteiger partial charge in [-0.05, 0) is 30.7 Å². The van der Waals surface area contributed by atoms with Crippen LogP contribution in [0.2, 0.25) is 5.02 Å². The molecule has 2 aromatic rings. The zero-order valence-corrected chi connectivity index (χ0v) is 11.3. The Morgan fingerprint density at radius 3 is 2.53 bits per heavy atom. The van der Waals surface area contributed by atoms with Gasteiger partial charge in [0.25, 0.3) is 0 Å². The van der Waals surface area contributed by atoms with Crippen LogP contribution in [0.5, 0.6) is 0 Å². The van der Waals surface area contributed by atoms with Gasteiger partial charge in [0.1, 0.15) is 0 Å². The summed E-state index contributed by atoms with van der Waals surface area (Å²) in [7, 11) is 0. The van der Waals surface area contributed by atoms with Gasteiger partial charge in [-0.1, -0.05) is 41.9 Å². The molecule has 0 radical (unpaired) electrons. The topological polar surface area (TPSA) is 55.1 Å². The molecule has 4 heteroatoms. The van der Waals surface area contributed by atoms with Crippen molar-refractivity contribution < 1.29 is 4.79 Å². The molecular formula is C15H15ClN2O. The van der Waals surface area contributed by atoms with Gasteiger partial charge in [0.15, 0.2) is 0 Å². The van der Waals surface area contributed by atoms with Crippen LogP contribution < -0.4 is 11.1 Å². The van der Waals surface area contributed by atoms with Crippen molar-refractivity contribution in [1.29, 1.82) is 0 Å². The van der Waals surface area contributed by atoms with Gasteiger partial charge in [0.2, 0.25) is 5.91 Å². The van der Waals surface area contributed by atoms with Crippen molar-refractivity contribution in [3.63, 3.8) is 0 Å². The summed E-state index contributed by atoms with van der Waals surface area (Å²) in [6, 6.07) is 14.6. The minimum atomic E-state index is -0.240. The normalized spacial score (nSPS) is 11.9. The molecule has 2 aromatic carbocycles. The number of halogens is 1. The molecule has 0 fully saturated rings. The highest BCUT2D eigenvalue weighted by Crippen LogP contribution is 2.24. The number of hydrogen-bond acceptors (Lipinski definition) is 2. The van der Waals surface area contributed by atoms with Gasteiger partial charge in [-0.15, -0.1) is 0 Å². The lowest BCUT2D eigenvalue weighted by Crippen LogP contribution is -2.19. The summed E-state index contributed by atoms with van der Waals surface area (Å²) in [5.41, 5.74) is 7.81. The van der Waals surface area contributed by atoms with Crippen LogP contribution >= 0.6 is 11.6 Å². The summed E-state index contributed by atoms with van der Waals surface area (Å²) in [4.78, 5) is 12.2. The van der Waals surface area contributed by atoms with Crippen LogP contribution in [-0.2, 0) is 4.79 Å². The Morgan fingerprint density at radius 2 is 1.89 bits per heavy atom. The van der Waals surface area contributed by atoms with Gasteiger partial charge < -0.3 is 11.1 Å². The molecule has 98 valence electrons. The van der Waals surface area contributed by atoms with E-state index < -0.39 is 0 Å². The maximum Gasteiger partial charge on any atom is 0.231 e. The van der Waals surface area contributed by atoms with Gasteiger partial charge in [-0.3, -0.25) is 4.79 Å². The van der Waals surface area contributed by atoms with Crippen molar-refractivity contribution in [3.05, 3.63) is 59.1 Å². The van der Waals surface area contributed by atoms with E-state index in [0.717, 1.165) is 5.56 Å². The first-order valence-electron chi connectivity index (χ1n) is 5.99. The minimum Gasteiger partial charge on any atom is -0.397 e. The summed E-state index contributed by atoms with van der Waals surface area (Å²) in [6.07, 6.45) is 0. The van der Waals surface area contributed by atoms with Crippen molar-refractivity contribution >= 4 is 28.9 Å². The van der Waals surface area contributed by atoms with Crippen LogP contribution in [0.4, 0.5) is 11.4 Å². The third kappa shape index (κ3) is 3.26. The number of anilines is 2. The Kier molecular flexibility index (Phi) is 4.07. The second kappa shape index (κ2) is 5.76. The first-order valence-corrected chi connectivity index (χ1v) is 6.36. The molecule has 0 aromatic heterocycles. The fourth-order valence-corrected chi connectivity index (χ4v) is 1.96. The Hall–Kier alpha value is -2.00. The number of carbonyl (C=O) groups excluding carboxylic acids is 1. The van der Waals surface area contributed by atoms with E-state index in [0.29, 0.717) is 16.4 Å². The Bertz CT molecular complexity index is 584. The van der Waals surface area contributed by atoms with Crippen molar-refractivity contribution in [2.45, 2.75) is 12.8 Å². The average Bonchev–Trinajstić information content (AvgIpc) is 2.42. The Balaban J connectivity index is 2.13. The number of amides is 1. The molecule has 3 N–H and O–H groups in total. The second-order valence-corrected chi connectivity index (χ2v) is 4.79. The third-order valence-corrected chi connectivity index (χ3v) is 3.20. The number of nitrogens with two attached hydrogens (primary N) is 1. The van der Waals surface area contributed by atoms with E-state index in [1.165, 1.54) is 0 Å².